The third-order valence-electron chi connectivity index (χ3n) is 5.90. The Bertz CT molecular complexity index is 1100. The van der Waals surface area contributed by atoms with Gasteiger partial charge in [-0.15, -0.1) is 11.3 Å². The zero-order valence-corrected chi connectivity index (χ0v) is 23.1. The van der Waals surface area contributed by atoms with Crippen LogP contribution in [0.5, 0.6) is 0 Å². The summed E-state index contributed by atoms with van der Waals surface area (Å²) in [5.41, 5.74) is 10.7. The van der Waals surface area contributed by atoms with Crippen LogP contribution in [0.4, 0.5) is 0 Å². The van der Waals surface area contributed by atoms with Gasteiger partial charge in [0, 0.05) is 17.8 Å². The number of hydrogen-bond acceptors (Lipinski definition) is 8. The Morgan fingerprint density at radius 3 is 2.27 bits per heavy atom. The molecule has 220 valence electrons. The minimum absolute atomic E-state index is 0.0584. The van der Waals surface area contributed by atoms with Crippen LogP contribution in [-0.4, -0.2) is 83.8 Å². The van der Waals surface area contributed by atoms with Crippen molar-refractivity contribution >= 4 is 52.8 Å². The van der Waals surface area contributed by atoms with E-state index in [2.05, 4.69) is 31.6 Å². The van der Waals surface area contributed by atoms with Crippen LogP contribution >= 0.6 is 11.3 Å². The van der Waals surface area contributed by atoms with Crippen molar-refractivity contribution in [2.75, 3.05) is 13.1 Å². The lowest BCUT2D eigenvalue weighted by molar-refractivity contribution is -0.141. The lowest BCUT2D eigenvalue weighted by atomic mass is 10.0. The number of guanidine groups is 1. The summed E-state index contributed by atoms with van der Waals surface area (Å²) in [6.07, 6.45) is -0.287. The molecule has 1 aromatic heterocycles. The zero-order chi connectivity index (χ0) is 29.8. The minimum atomic E-state index is -1.53. The smallest absolute Gasteiger partial charge is 0.305 e. The molecule has 1 saturated heterocycles. The molecule has 2 heterocycles. The van der Waals surface area contributed by atoms with Crippen molar-refractivity contribution in [1.82, 2.24) is 26.6 Å². The first-order valence-electron chi connectivity index (χ1n) is 12.6. The fourth-order valence-electron chi connectivity index (χ4n) is 3.85. The van der Waals surface area contributed by atoms with Gasteiger partial charge in [-0.25, -0.2) is 0 Å². The summed E-state index contributed by atoms with van der Waals surface area (Å²) < 4.78 is 0. The van der Waals surface area contributed by atoms with Gasteiger partial charge < -0.3 is 43.2 Å². The predicted molar refractivity (Wildman–Crippen MR) is 146 cm³/mol. The molecule has 1 fully saturated rings. The highest BCUT2D eigenvalue weighted by molar-refractivity contribution is 7.09. The molecule has 4 atom stereocenters. The van der Waals surface area contributed by atoms with Crippen LogP contribution in [0.2, 0.25) is 0 Å². The first-order chi connectivity index (χ1) is 18.9. The van der Waals surface area contributed by atoms with E-state index in [0.717, 1.165) is 4.88 Å². The van der Waals surface area contributed by atoms with Crippen LogP contribution < -0.4 is 38.1 Å². The van der Waals surface area contributed by atoms with Crippen molar-refractivity contribution in [3.63, 3.8) is 0 Å². The summed E-state index contributed by atoms with van der Waals surface area (Å²) in [5, 5.41) is 23.5. The highest BCUT2D eigenvalue weighted by Crippen LogP contribution is 2.13. The molecule has 0 bridgehead atoms. The Morgan fingerprint density at radius 1 is 1.00 bits per heavy atom. The highest BCUT2D eigenvalue weighted by Gasteiger charge is 2.34. The van der Waals surface area contributed by atoms with Gasteiger partial charge in [-0.3, -0.25) is 33.8 Å². The summed E-state index contributed by atoms with van der Waals surface area (Å²) in [6.45, 7) is 2.99. The largest absolute Gasteiger partial charge is 0.481 e. The standard InChI is InChI=1S/C24H36N8O7S/c1-12(2)19-23(39)30-14(6-3-7-27-24(25)26)20(36)28-11-17(33)29-16(10-18(34)35)21(37)31-15(22(38)32-19)9-13-5-4-8-40-13/h4-5,8,12,14-16,19H,3,6-7,9-11H2,1-2H3,(H,28,36)(H,29,33)(H,30,39)(H,31,37)(H,32,38)(H,34,35)(H4,25,26,27)/t14-,15+,16-,19-/m0/s1. The van der Waals surface area contributed by atoms with Crippen molar-refractivity contribution in [3.05, 3.63) is 22.4 Å². The molecule has 1 aliphatic heterocycles. The molecular formula is C24H36N8O7S. The van der Waals surface area contributed by atoms with Crippen LogP contribution in [0.3, 0.4) is 0 Å². The average molecular weight is 581 g/mol. The average Bonchev–Trinajstić information content (AvgIpc) is 3.38. The molecule has 1 aliphatic rings. The van der Waals surface area contributed by atoms with Crippen molar-refractivity contribution in [3.8, 4) is 0 Å². The van der Waals surface area contributed by atoms with E-state index in [1.54, 1.807) is 31.4 Å². The van der Waals surface area contributed by atoms with Crippen LogP contribution in [0, 0.1) is 5.92 Å². The van der Waals surface area contributed by atoms with Gasteiger partial charge in [0.05, 0.1) is 13.0 Å². The van der Waals surface area contributed by atoms with E-state index in [1.807, 2.05) is 0 Å². The number of rotatable bonds is 9. The normalized spacial score (nSPS) is 23.0. The number of hydrogen-bond donors (Lipinski definition) is 8. The number of amides is 5. The van der Waals surface area contributed by atoms with Crippen molar-refractivity contribution in [2.45, 2.75) is 63.7 Å². The summed E-state index contributed by atoms with van der Waals surface area (Å²) in [6, 6.07) is -1.37. The molecule has 15 nitrogen and oxygen atoms in total. The molecule has 0 radical (unpaired) electrons. The summed E-state index contributed by atoms with van der Waals surface area (Å²) in [4.78, 5) is 81.2. The number of nitrogens with one attached hydrogen (secondary N) is 5. The van der Waals surface area contributed by atoms with Crippen LogP contribution in [-0.2, 0) is 35.2 Å². The van der Waals surface area contributed by atoms with E-state index in [1.165, 1.54) is 11.3 Å². The maximum Gasteiger partial charge on any atom is 0.305 e. The fraction of sp³-hybridized carbons (Fsp3) is 0.542. The second-order valence-electron chi connectivity index (χ2n) is 9.52. The molecule has 0 spiro atoms. The molecule has 10 N–H and O–H groups in total. The van der Waals surface area contributed by atoms with E-state index < -0.39 is 78.6 Å². The van der Waals surface area contributed by atoms with Gasteiger partial charge in [0.2, 0.25) is 29.5 Å². The van der Waals surface area contributed by atoms with Gasteiger partial charge in [0.15, 0.2) is 5.96 Å². The third-order valence-corrected chi connectivity index (χ3v) is 6.80. The number of carbonyl (C=O) groups is 6. The van der Waals surface area contributed by atoms with E-state index >= 15 is 0 Å². The van der Waals surface area contributed by atoms with E-state index in [9.17, 15) is 33.9 Å². The fourth-order valence-corrected chi connectivity index (χ4v) is 4.61. The molecule has 0 aromatic carbocycles. The molecule has 1 aromatic rings. The molecule has 2 rings (SSSR count). The maximum absolute atomic E-state index is 13.4. The molecule has 0 saturated carbocycles. The second kappa shape index (κ2) is 15.4. The summed E-state index contributed by atoms with van der Waals surface area (Å²) in [5.74, 6) is -5.69. The number of nitrogens with two attached hydrogens (primary N) is 2. The van der Waals surface area contributed by atoms with Gasteiger partial charge in [0.1, 0.15) is 24.2 Å². The Hall–Kier alpha value is -4.21. The number of carboxylic acids is 1. The van der Waals surface area contributed by atoms with Crippen LogP contribution in [0.25, 0.3) is 0 Å². The first kappa shape index (κ1) is 32.0. The number of nitrogens with zero attached hydrogens (tertiary/aromatic N) is 1. The lowest BCUT2D eigenvalue weighted by Crippen LogP contribution is -2.59. The van der Waals surface area contributed by atoms with Crippen molar-refractivity contribution < 1.29 is 33.9 Å². The van der Waals surface area contributed by atoms with E-state index in [0.29, 0.717) is 6.42 Å². The lowest BCUT2D eigenvalue weighted by Gasteiger charge is -2.27. The summed E-state index contributed by atoms with van der Waals surface area (Å²) in [7, 11) is 0. The quantitative estimate of drug-likeness (QED) is 0.0875. The Kier molecular flexibility index (Phi) is 12.3. The van der Waals surface area contributed by atoms with Crippen molar-refractivity contribution in [1.29, 1.82) is 0 Å². The topological polar surface area (TPSA) is 247 Å². The van der Waals surface area contributed by atoms with Crippen LogP contribution in [0.1, 0.15) is 38.0 Å². The number of thiophene rings is 1. The molecule has 0 unspecified atom stereocenters. The number of aliphatic imine (C=N–C) groups is 1. The van der Waals surface area contributed by atoms with E-state index in [-0.39, 0.29) is 25.3 Å². The molecule has 40 heavy (non-hydrogen) atoms. The highest BCUT2D eigenvalue weighted by atomic mass is 32.1. The van der Waals surface area contributed by atoms with Crippen LogP contribution in [0.15, 0.2) is 22.5 Å². The number of aliphatic carboxylic acids is 1. The Labute approximate surface area is 234 Å². The Morgan fingerprint density at radius 2 is 1.68 bits per heavy atom. The van der Waals surface area contributed by atoms with Gasteiger partial charge in [-0.2, -0.15) is 0 Å². The third kappa shape index (κ3) is 10.5. The maximum atomic E-state index is 13.4. The monoisotopic (exact) mass is 580 g/mol. The molecule has 0 aliphatic carbocycles. The van der Waals surface area contributed by atoms with Gasteiger partial charge >= 0.3 is 5.97 Å². The van der Waals surface area contributed by atoms with Gasteiger partial charge in [-0.05, 0) is 30.2 Å². The minimum Gasteiger partial charge on any atom is -0.481 e. The molecule has 16 heteroatoms. The van der Waals surface area contributed by atoms with E-state index in [4.69, 9.17) is 11.5 Å². The van der Waals surface area contributed by atoms with Crippen molar-refractivity contribution in [2.24, 2.45) is 22.4 Å². The van der Waals surface area contributed by atoms with Gasteiger partial charge in [-0.1, -0.05) is 19.9 Å². The predicted octanol–water partition coefficient (Wildman–Crippen LogP) is -2.46. The number of carboxylic acid groups (broad SMARTS) is 1. The summed E-state index contributed by atoms with van der Waals surface area (Å²) >= 11 is 1.34. The first-order valence-corrected chi connectivity index (χ1v) is 13.5. The zero-order valence-electron chi connectivity index (χ0n) is 22.3. The second-order valence-corrected chi connectivity index (χ2v) is 10.6. The SMILES string of the molecule is CC(C)[C@@H]1NC(=O)[C@@H](Cc2cccs2)NC(=O)[C@H](CC(=O)O)NC(=O)CNC(=O)[C@H](CCCN=C(N)N)NC1=O. The molecular weight excluding hydrogens is 544 g/mol. The Balaban J connectivity index is 2.40. The number of carbonyl (C=O) groups excluding carboxylic acids is 5. The molecule has 5 amide bonds. The van der Waals surface area contributed by atoms with Gasteiger partial charge in [0.25, 0.3) is 0 Å².